The van der Waals surface area contributed by atoms with Crippen molar-refractivity contribution in [1.29, 1.82) is 0 Å². The minimum atomic E-state index is -0.164. The van der Waals surface area contributed by atoms with E-state index in [1.165, 1.54) is 7.11 Å². The van der Waals surface area contributed by atoms with Crippen LogP contribution in [0.15, 0.2) is 12.1 Å². The summed E-state index contributed by atoms with van der Waals surface area (Å²) in [5.74, 6) is 0.251. The number of carbonyl (C=O) groups is 1. The molecule has 1 N–H and O–H groups in total. The summed E-state index contributed by atoms with van der Waals surface area (Å²) in [7, 11) is 1.50. The number of ether oxygens (including phenoxy) is 1. The average molecular weight is 398 g/mol. The number of hydrogen-bond donors (Lipinski definition) is 1. The van der Waals surface area contributed by atoms with Gasteiger partial charge in [0.05, 0.1) is 23.4 Å². The average Bonchev–Trinajstić information content (AvgIpc) is 2.52. The molecule has 0 aliphatic heterocycles. The summed E-state index contributed by atoms with van der Waals surface area (Å²) in [4.78, 5) is 12.9. The molecule has 0 saturated heterocycles. The van der Waals surface area contributed by atoms with E-state index in [-0.39, 0.29) is 39.8 Å². The Morgan fingerprint density at radius 3 is 2.29 bits per heavy atom. The van der Waals surface area contributed by atoms with Crippen LogP contribution < -0.4 is 39.6 Å². The van der Waals surface area contributed by atoms with Gasteiger partial charge in [-0.3, -0.25) is 9.80 Å². The zero-order chi connectivity index (χ0) is 17.6. The molecule has 0 aromatic heterocycles. The predicted octanol–water partition coefficient (Wildman–Crippen LogP) is 0.315. The van der Waals surface area contributed by atoms with E-state index in [0.29, 0.717) is 28.6 Å². The number of benzene rings is 1. The van der Waals surface area contributed by atoms with Crippen LogP contribution in [0.25, 0.3) is 0 Å². The second kappa shape index (κ2) is 11.5. The Bertz CT molecular complexity index is 586. The van der Waals surface area contributed by atoms with E-state index in [4.69, 9.17) is 41.2 Å². The van der Waals surface area contributed by atoms with Crippen molar-refractivity contribution in [1.82, 2.24) is 10.0 Å². The second-order valence-corrected chi connectivity index (χ2v) is 6.09. The number of amides is 1. The van der Waals surface area contributed by atoms with E-state index in [2.05, 4.69) is 5.32 Å². The van der Waals surface area contributed by atoms with Crippen LogP contribution in [0.2, 0.25) is 5.02 Å². The molecular weight excluding hydrogens is 377 g/mol. The van der Waals surface area contributed by atoms with E-state index in [1.54, 1.807) is 17.1 Å². The maximum atomic E-state index is 12.9. The van der Waals surface area contributed by atoms with Gasteiger partial charge in [-0.1, -0.05) is 29.8 Å². The van der Waals surface area contributed by atoms with Crippen molar-refractivity contribution in [2.75, 3.05) is 32.1 Å². The van der Waals surface area contributed by atoms with E-state index in [0.717, 1.165) is 13.1 Å². The molecule has 1 aromatic carbocycles. The third-order valence-electron chi connectivity index (χ3n) is 3.36. The SMILES string of the molecule is CCN(CC)N(CC)C(=O)c1cc(Cl)c(NC(=S)[S-])cc1OC.[Na+]. The topological polar surface area (TPSA) is 44.8 Å². The standard InChI is InChI=1S/C15H22ClN3O2S2.Na/c1-5-18(6-2)19(7-3)14(20)10-8-11(16)12(17-15(22)23)9-13(10)21-4;/h8-9H,5-7H2,1-4H3,(H2,17,22,23);/q;+1/p-1. The quantitative estimate of drug-likeness (QED) is 0.309. The third kappa shape index (κ3) is 5.98. The van der Waals surface area contributed by atoms with Crippen LogP contribution in [0.3, 0.4) is 0 Å². The first-order chi connectivity index (χ1) is 10.9. The summed E-state index contributed by atoms with van der Waals surface area (Å²) in [5.41, 5.74) is 0.915. The summed E-state index contributed by atoms with van der Waals surface area (Å²) in [6.45, 7) is 7.95. The van der Waals surface area contributed by atoms with Crippen molar-refractivity contribution in [3.8, 4) is 5.75 Å². The Kier molecular flexibility index (Phi) is 11.4. The molecular formula is C15H21ClN3NaO2S2. The molecule has 5 nitrogen and oxygen atoms in total. The molecule has 128 valence electrons. The Labute approximate surface area is 181 Å². The van der Waals surface area contributed by atoms with Gasteiger partial charge in [0, 0.05) is 25.7 Å². The number of hydrogen-bond acceptors (Lipinski definition) is 5. The van der Waals surface area contributed by atoms with Gasteiger partial charge in [0.2, 0.25) is 0 Å². The molecule has 0 spiro atoms. The zero-order valence-electron chi connectivity index (χ0n) is 14.7. The first-order valence-electron chi connectivity index (χ1n) is 7.31. The molecule has 1 aromatic rings. The number of nitrogens with zero attached hydrogens (tertiary/aromatic N) is 2. The molecule has 0 atom stereocenters. The first-order valence-corrected chi connectivity index (χ1v) is 8.51. The van der Waals surface area contributed by atoms with E-state index in [9.17, 15) is 4.79 Å². The number of thiocarbonyl (C=S) groups is 1. The molecule has 0 fully saturated rings. The summed E-state index contributed by atoms with van der Waals surface area (Å²) in [6.07, 6.45) is 0. The summed E-state index contributed by atoms with van der Waals surface area (Å²) in [5, 5.41) is 6.80. The number of hydrazine groups is 1. The number of methoxy groups -OCH3 is 1. The molecule has 1 rings (SSSR count). The normalized spacial score (nSPS) is 10.1. The summed E-state index contributed by atoms with van der Waals surface area (Å²) >= 11 is 15.9. The number of carbonyl (C=O) groups excluding carboxylic acids is 1. The van der Waals surface area contributed by atoms with Crippen LogP contribution in [-0.4, -0.2) is 47.0 Å². The largest absolute Gasteiger partial charge is 1.00 e. The molecule has 0 aliphatic carbocycles. The maximum absolute atomic E-state index is 12.9. The fourth-order valence-electron chi connectivity index (χ4n) is 2.27. The van der Waals surface area contributed by atoms with Crippen LogP contribution in [0.4, 0.5) is 5.69 Å². The molecule has 0 heterocycles. The van der Waals surface area contributed by atoms with Crippen LogP contribution in [-0.2, 0) is 12.6 Å². The summed E-state index contributed by atoms with van der Waals surface area (Å²) < 4.78 is 5.52. The van der Waals surface area contributed by atoms with Crippen molar-refractivity contribution in [3.05, 3.63) is 22.7 Å². The zero-order valence-corrected chi connectivity index (χ0v) is 19.1. The van der Waals surface area contributed by atoms with Crippen molar-refractivity contribution >= 4 is 52.4 Å². The first kappa shape index (κ1) is 23.9. The number of halogens is 1. The van der Waals surface area contributed by atoms with E-state index < -0.39 is 0 Å². The van der Waals surface area contributed by atoms with Crippen molar-refractivity contribution in [3.63, 3.8) is 0 Å². The van der Waals surface area contributed by atoms with Crippen LogP contribution in [0.5, 0.6) is 5.75 Å². The van der Waals surface area contributed by atoms with Crippen LogP contribution in [0, 0.1) is 0 Å². The van der Waals surface area contributed by atoms with Gasteiger partial charge in [-0.25, -0.2) is 5.01 Å². The van der Waals surface area contributed by atoms with Gasteiger partial charge in [-0.05, 0) is 13.0 Å². The van der Waals surface area contributed by atoms with E-state index >= 15 is 0 Å². The van der Waals surface area contributed by atoms with Gasteiger partial charge < -0.3 is 34.9 Å². The van der Waals surface area contributed by atoms with Gasteiger partial charge >= 0.3 is 29.6 Å². The van der Waals surface area contributed by atoms with E-state index in [1.807, 2.05) is 25.8 Å². The number of nitrogens with one attached hydrogen (secondary N) is 1. The minimum Gasteiger partial charge on any atom is -0.496 e. The molecule has 24 heavy (non-hydrogen) atoms. The van der Waals surface area contributed by atoms with Gasteiger partial charge in [0.25, 0.3) is 5.91 Å². The smallest absolute Gasteiger partial charge is 0.496 e. The number of rotatable bonds is 7. The van der Waals surface area contributed by atoms with Crippen molar-refractivity contribution in [2.45, 2.75) is 20.8 Å². The van der Waals surface area contributed by atoms with Gasteiger partial charge in [-0.15, -0.1) is 0 Å². The third-order valence-corrected chi connectivity index (χ3v) is 3.88. The molecule has 0 bridgehead atoms. The minimum absolute atomic E-state index is 0. The molecule has 1 amide bonds. The predicted molar refractivity (Wildman–Crippen MR) is 101 cm³/mol. The molecule has 0 unspecified atom stereocenters. The molecule has 0 saturated carbocycles. The fraction of sp³-hybridized carbons (Fsp3) is 0.467. The maximum Gasteiger partial charge on any atom is 1.00 e. The van der Waals surface area contributed by atoms with Gasteiger partial charge in [-0.2, -0.15) is 0 Å². The Hall–Kier alpha value is -0.150. The fourth-order valence-corrected chi connectivity index (χ4v) is 2.70. The van der Waals surface area contributed by atoms with Gasteiger partial charge in [0.15, 0.2) is 0 Å². The van der Waals surface area contributed by atoms with Gasteiger partial charge in [0.1, 0.15) is 5.75 Å². The molecule has 9 heteroatoms. The second-order valence-electron chi connectivity index (χ2n) is 4.60. The number of anilines is 1. The van der Waals surface area contributed by atoms with Crippen LogP contribution >= 0.6 is 23.8 Å². The molecule has 0 aliphatic rings. The Morgan fingerprint density at radius 2 is 1.88 bits per heavy atom. The molecule has 0 radical (unpaired) electrons. The van der Waals surface area contributed by atoms with Crippen molar-refractivity contribution < 1.29 is 39.1 Å². The van der Waals surface area contributed by atoms with Crippen molar-refractivity contribution in [2.24, 2.45) is 0 Å². The Morgan fingerprint density at radius 1 is 1.29 bits per heavy atom. The monoisotopic (exact) mass is 397 g/mol. The van der Waals surface area contributed by atoms with Crippen LogP contribution in [0.1, 0.15) is 31.1 Å². The Balaban J connectivity index is 0.00000529. The summed E-state index contributed by atoms with van der Waals surface area (Å²) in [6, 6.07) is 3.20.